The van der Waals surface area contributed by atoms with Crippen LogP contribution in [0.25, 0.3) is 0 Å². The van der Waals surface area contributed by atoms with Crippen LogP contribution in [0.5, 0.6) is 0 Å². The maximum atomic E-state index is 11.8. The van der Waals surface area contributed by atoms with Crippen molar-refractivity contribution in [1.29, 1.82) is 0 Å². The van der Waals surface area contributed by atoms with Crippen LogP contribution < -0.4 is 0 Å². The normalized spacial score (nSPS) is 32.0. The van der Waals surface area contributed by atoms with E-state index in [-0.39, 0.29) is 11.9 Å². The molecule has 1 amide bonds. The van der Waals surface area contributed by atoms with Gasteiger partial charge < -0.3 is 9.80 Å². The van der Waals surface area contributed by atoms with Crippen molar-refractivity contribution in [2.24, 2.45) is 0 Å². The number of piperazine rings is 2. The second-order valence-corrected chi connectivity index (χ2v) is 4.07. The summed E-state index contributed by atoms with van der Waals surface area (Å²) < 4.78 is 0. The highest BCUT2D eigenvalue weighted by molar-refractivity contribution is 5.82. The molecular weight excluding hydrogens is 166 g/mol. The third kappa shape index (κ3) is 1.56. The van der Waals surface area contributed by atoms with Gasteiger partial charge in [-0.25, -0.2) is 0 Å². The molecule has 1 atom stereocenters. The van der Waals surface area contributed by atoms with Crippen LogP contribution in [0.4, 0.5) is 0 Å². The molecule has 2 rings (SSSR count). The van der Waals surface area contributed by atoms with Crippen LogP contribution in [0.1, 0.15) is 0 Å². The number of rotatable bonds is 0. The van der Waals surface area contributed by atoms with Crippen LogP contribution in [-0.2, 0) is 4.79 Å². The Kier molecular flexibility index (Phi) is 2.26. The van der Waals surface area contributed by atoms with Crippen LogP contribution >= 0.6 is 0 Å². The van der Waals surface area contributed by atoms with Crippen molar-refractivity contribution in [1.82, 2.24) is 14.7 Å². The molecular formula is C9H17N3O. The van der Waals surface area contributed by atoms with E-state index < -0.39 is 0 Å². The minimum atomic E-state index is 0.123. The molecule has 0 aromatic carbocycles. The summed E-state index contributed by atoms with van der Waals surface area (Å²) in [6, 6.07) is 0.123. The van der Waals surface area contributed by atoms with Gasteiger partial charge in [0, 0.05) is 39.8 Å². The van der Waals surface area contributed by atoms with E-state index in [0.29, 0.717) is 0 Å². The SMILES string of the molecule is CN1CCN2CCN(C)C(=O)C2C1. The van der Waals surface area contributed by atoms with Crippen LogP contribution in [0.2, 0.25) is 0 Å². The van der Waals surface area contributed by atoms with Crippen molar-refractivity contribution in [3.63, 3.8) is 0 Å². The van der Waals surface area contributed by atoms with Crippen molar-refractivity contribution < 1.29 is 4.79 Å². The van der Waals surface area contributed by atoms with Gasteiger partial charge >= 0.3 is 0 Å². The number of carbonyl (C=O) groups excluding carboxylic acids is 1. The lowest BCUT2D eigenvalue weighted by molar-refractivity contribution is -0.142. The van der Waals surface area contributed by atoms with Crippen molar-refractivity contribution in [2.75, 3.05) is 46.8 Å². The average molecular weight is 183 g/mol. The molecule has 0 spiro atoms. The fourth-order valence-corrected chi connectivity index (χ4v) is 2.10. The summed E-state index contributed by atoms with van der Waals surface area (Å²) in [4.78, 5) is 18.2. The number of carbonyl (C=O) groups is 1. The van der Waals surface area contributed by atoms with Crippen molar-refractivity contribution in [3.8, 4) is 0 Å². The highest BCUT2D eigenvalue weighted by atomic mass is 16.2. The maximum Gasteiger partial charge on any atom is 0.241 e. The molecule has 2 aliphatic rings. The fraction of sp³-hybridized carbons (Fsp3) is 0.889. The van der Waals surface area contributed by atoms with E-state index in [1.54, 1.807) is 0 Å². The smallest absolute Gasteiger partial charge is 0.241 e. The molecule has 4 heteroatoms. The summed E-state index contributed by atoms with van der Waals surface area (Å²) in [6.07, 6.45) is 0. The van der Waals surface area contributed by atoms with E-state index in [0.717, 1.165) is 32.7 Å². The van der Waals surface area contributed by atoms with Gasteiger partial charge in [0.2, 0.25) is 5.91 Å². The molecule has 0 aromatic rings. The lowest BCUT2D eigenvalue weighted by atomic mass is 10.1. The molecule has 2 heterocycles. The summed E-state index contributed by atoms with van der Waals surface area (Å²) in [7, 11) is 3.98. The molecule has 1 unspecified atom stereocenters. The van der Waals surface area contributed by atoms with Crippen molar-refractivity contribution in [3.05, 3.63) is 0 Å². The molecule has 2 aliphatic heterocycles. The van der Waals surface area contributed by atoms with Gasteiger partial charge in [0.25, 0.3) is 0 Å². The number of nitrogens with zero attached hydrogens (tertiary/aromatic N) is 3. The Bertz CT molecular complexity index is 217. The highest BCUT2D eigenvalue weighted by Gasteiger charge is 2.35. The number of fused-ring (bicyclic) bond motifs is 1. The van der Waals surface area contributed by atoms with Crippen LogP contribution in [0.15, 0.2) is 0 Å². The zero-order chi connectivity index (χ0) is 9.42. The minimum Gasteiger partial charge on any atom is -0.343 e. The van der Waals surface area contributed by atoms with Gasteiger partial charge in [-0.05, 0) is 7.05 Å². The molecule has 74 valence electrons. The van der Waals surface area contributed by atoms with E-state index in [9.17, 15) is 4.79 Å². The van der Waals surface area contributed by atoms with E-state index in [2.05, 4.69) is 16.8 Å². The molecule has 0 N–H and O–H groups in total. The van der Waals surface area contributed by atoms with Crippen molar-refractivity contribution >= 4 is 5.91 Å². The first-order valence-corrected chi connectivity index (χ1v) is 4.86. The van der Waals surface area contributed by atoms with Crippen LogP contribution in [0.3, 0.4) is 0 Å². The van der Waals surface area contributed by atoms with E-state index in [1.165, 1.54) is 0 Å². The van der Waals surface area contributed by atoms with E-state index >= 15 is 0 Å². The van der Waals surface area contributed by atoms with Gasteiger partial charge in [-0.2, -0.15) is 0 Å². The Balaban J connectivity index is 2.08. The first-order valence-electron chi connectivity index (χ1n) is 4.86. The summed E-state index contributed by atoms with van der Waals surface area (Å²) in [6.45, 7) is 4.96. The number of hydrogen-bond acceptors (Lipinski definition) is 3. The Morgan fingerprint density at radius 3 is 2.62 bits per heavy atom. The van der Waals surface area contributed by atoms with Gasteiger partial charge in [0.15, 0.2) is 0 Å². The molecule has 13 heavy (non-hydrogen) atoms. The summed E-state index contributed by atoms with van der Waals surface area (Å²) >= 11 is 0. The average Bonchev–Trinajstić information content (AvgIpc) is 2.12. The predicted octanol–water partition coefficient (Wildman–Crippen LogP) is -0.926. The third-order valence-electron chi connectivity index (χ3n) is 3.08. The molecule has 2 fully saturated rings. The minimum absolute atomic E-state index is 0.123. The van der Waals surface area contributed by atoms with Gasteiger partial charge in [0.1, 0.15) is 6.04 Å². The molecule has 4 nitrogen and oxygen atoms in total. The Morgan fingerprint density at radius 2 is 1.85 bits per heavy atom. The lowest BCUT2D eigenvalue weighted by Gasteiger charge is -2.44. The van der Waals surface area contributed by atoms with E-state index in [1.807, 2.05) is 11.9 Å². The first kappa shape index (κ1) is 8.97. The van der Waals surface area contributed by atoms with Crippen molar-refractivity contribution in [2.45, 2.75) is 6.04 Å². The molecule has 0 bridgehead atoms. The molecule has 0 saturated carbocycles. The van der Waals surface area contributed by atoms with E-state index in [4.69, 9.17) is 0 Å². The maximum absolute atomic E-state index is 11.8. The highest BCUT2D eigenvalue weighted by Crippen LogP contribution is 2.14. The van der Waals surface area contributed by atoms with Gasteiger partial charge in [-0.1, -0.05) is 0 Å². The van der Waals surface area contributed by atoms with Gasteiger partial charge in [-0.3, -0.25) is 9.69 Å². The Morgan fingerprint density at radius 1 is 1.15 bits per heavy atom. The third-order valence-corrected chi connectivity index (χ3v) is 3.08. The second-order valence-electron chi connectivity index (χ2n) is 4.07. The number of likely N-dealkylation sites (N-methyl/N-ethyl adjacent to an activating group) is 2. The van der Waals surface area contributed by atoms with Crippen LogP contribution in [-0.4, -0.2) is 73.5 Å². The van der Waals surface area contributed by atoms with Gasteiger partial charge in [0.05, 0.1) is 0 Å². The zero-order valence-electron chi connectivity index (χ0n) is 8.36. The molecule has 2 saturated heterocycles. The largest absolute Gasteiger partial charge is 0.343 e. The van der Waals surface area contributed by atoms with Gasteiger partial charge in [-0.15, -0.1) is 0 Å². The zero-order valence-corrected chi connectivity index (χ0v) is 8.36. The number of amides is 1. The second kappa shape index (κ2) is 3.27. The first-order chi connectivity index (χ1) is 6.18. The summed E-state index contributed by atoms with van der Waals surface area (Å²) in [5.41, 5.74) is 0. The molecule has 0 aliphatic carbocycles. The lowest BCUT2D eigenvalue weighted by Crippen LogP contribution is -2.63. The quantitative estimate of drug-likeness (QED) is 0.486. The fourth-order valence-electron chi connectivity index (χ4n) is 2.10. The summed E-state index contributed by atoms with van der Waals surface area (Å²) in [5.74, 6) is 0.290. The monoisotopic (exact) mass is 183 g/mol. The topological polar surface area (TPSA) is 26.8 Å². The Labute approximate surface area is 79.1 Å². The molecule has 0 radical (unpaired) electrons. The standard InChI is InChI=1S/C9H17N3O/c1-10-3-5-12-6-4-11(2)9(13)8(12)7-10/h8H,3-7H2,1-2H3. The number of hydrogen-bond donors (Lipinski definition) is 0. The molecule has 0 aromatic heterocycles. The Hall–Kier alpha value is -0.610. The van der Waals surface area contributed by atoms with Crippen LogP contribution in [0, 0.1) is 0 Å². The summed E-state index contributed by atoms with van der Waals surface area (Å²) in [5, 5.41) is 0. The predicted molar refractivity (Wildman–Crippen MR) is 50.5 cm³/mol.